The molecule has 0 radical (unpaired) electrons. The molecule has 0 N–H and O–H groups in total. The summed E-state index contributed by atoms with van der Waals surface area (Å²) < 4.78 is 46.7. The predicted molar refractivity (Wildman–Crippen MR) is 96.1 cm³/mol. The van der Waals surface area contributed by atoms with E-state index in [0.29, 0.717) is 28.5 Å². The first-order valence-corrected chi connectivity index (χ1v) is 9.10. The van der Waals surface area contributed by atoms with Gasteiger partial charge in [0.05, 0.1) is 17.1 Å². The van der Waals surface area contributed by atoms with E-state index in [1.54, 1.807) is 17.2 Å². The molecule has 8 heteroatoms. The number of amides is 1. The Bertz CT molecular complexity index is 839. The highest BCUT2D eigenvalue weighted by molar-refractivity contribution is 9.10. The van der Waals surface area contributed by atoms with Crippen LogP contribution in [-0.4, -0.2) is 34.3 Å². The lowest BCUT2D eigenvalue weighted by Crippen LogP contribution is -2.35. The van der Waals surface area contributed by atoms with E-state index in [1.165, 1.54) is 0 Å². The minimum absolute atomic E-state index is 0.00643. The number of ether oxygens (including phenoxy) is 1. The largest absolute Gasteiger partial charge is 0.444 e. The molecule has 1 atom stereocenters. The molecule has 1 aliphatic heterocycles. The van der Waals surface area contributed by atoms with Gasteiger partial charge in [-0.25, -0.2) is 4.79 Å². The summed E-state index contributed by atoms with van der Waals surface area (Å²) in [6, 6.07) is 3.91. The van der Waals surface area contributed by atoms with Crippen LogP contribution in [0.15, 0.2) is 28.9 Å². The third-order valence-electron chi connectivity index (χ3n) is 4.30. The summed E-state index contributed by atoms with van der Waals surface area (Å²) in [4.78, 5) is 13.9. The average molecular weight is 433 g/mol. The third-order valence-corrected chi connectivity index (χ3v) is 4.91. The van der Waals surface area contributed by atoms with Crippen LogP contribution < -0.4 is 0 Å². The molecule has 0 spiro atoms. The summed E-state index contributed by atoms with van der Waals surface area (Å²) in [5, 5.41) is 0.516. The molecular formula is C18H20BrF3N2O2. The second-order valence-electron chi connectivity index (χ2n) is 7.49. The van der Waals surface area contributed by atoms with E-state index >= 15 is 0 Å². The van der Waals surface area contributed by atoms with Gasteiger partial charge in [-0.15, -0.1) is 0 Å². The van der Waals surface area contributed by atoms with E-state index in [-0.39, 0.29) is 12.1 Å². The monoisotopic (exact) mass is 432 g/mol. The Kier molecular flexibility index (Phi) is 4.75. The number of aromatic nitrogens is 1. The Morgan fingerprint density at radius 3 is 2.58 bits per heavy atom. The van der Waals surface area contributed by atoms with Crippen LogP contribution in [0.1, 0.15) is 38.8 Å². The van der Waals surface area contributed by atoms with Crippen molar-refractivity contribution in [3.8, 4) is 0 Å². The molecule has 0 aliphatic carbocycles. The maximum absolute atomic E-state index is 13.0. The number of alkyl halides is 3. The first-order valence-electron chi connectivity index (χ1n) is 8.31. The molecule has 0 saturated carbocycles. The number of hydrogen-bond acceptors (Lipinski definition) is 2. The van der Waals surface area contributed by atoms with E-state index in [1.807, 2.05) is 25.3 Å². The van der Waals surface area contributed by atoms with E-state index in [4.69, 9.17) is 4.74 Å². The molecule has 142 valence electrons. The molecule has 2 aromatic rings. The molecule has 3 rings (SSSR count). The summed E-state index contributed by atoms with van der Waals surface area (Å²) in [5.41, 5.74) is -0.544. The minimum Gasteiger partial charge on any atom is -0.444 e. The normalized spacial score (nSPS) is 18.6. The molecule has 1 aromatic carbocycles. The standard InChI is InChI=1S/C18H20BrF3N2O2/c1-17(2,3)26-16(25)23-6-5-13(10-23)24-7-4-11-8-12(18(20,21)22)9-14(19)15(11)24/h4,7-9,13H,5-6,10H2,1-3H3. The Morgan fingerprint density at radius 1 is 1.27 bits per heavy atom. The third kappa shape index (κ3) is 3.84. The number of likely N-dealkylation sites (tertiary alicyclic amines) is 1. The highest BCUT2D eigenvalue weighted by Crippen LogP contribution is 2.37. The van der Waals surface area contributed by atoms with Crippen LogP contribution in [0, 0.1) is 0 Å². The van der Waals surface area contributed by atoms with Gasteiger partial charge in [0, 0.05) is 29.1 Å². The number of fused-ring (bicyclic) bond motifs is 1. The van der Waals surface area contributed by atoms with Crippen LogP contribution in [0.25, 0.3) is 10.9 Å². The average Bonchev–Trinajstić information content (AvgIpc) is 3.10. The molecule has 1 amide bonds. The lowest BCUT2D eigenvalue weighted by atomic mass is 10.1. The molecule has 1 saturated heterocycles. The van der Waals surface area contributed by atoms with Crippen LogP contribution >= 0.6 is 15.9 Å². The summed E-state index contributed by atoms with van der Waals surface area (Å²) >= 11 is 3.28. The van der Waals surface area contributed by atoms with Gasteiger partial charge in [-0.2, -0.15) is 13.2 Å². The lowest BCUT2D eigenvalue weighted by molar-refractivity contribution is -0.137. The van der Waals surface area contributed by atoms with Crippen molar-refractivity contribution in [2.45, 2.75) is 45.0 Å². The fraction of sp³-hybridized carbons (Fsp3) is 0.500. The zero-order valence-corrected chi connectivity index (χ0v) is 16.3. The molecule has 2 heterocycles. The highest BCUT2D eigenvalue weighted by Gasteiger charge is 2.33. The van der Waals surface area contributed by atoms with E-state index in [2.05, 4.69) is 15.9 Å². The maximum atomic E-state index is 13.0. The van der Waals surface area contributed by atoms with Crippen molar-refractivity contribution < 1.29 is 22.7 Å². The van der Waals surface area contributed by atoms with Gasteiger partial charge in [-0.1, -0.05) is 0 Å². The van der Waals surface area contributed by atoms with Crippen molar-refractivity contribution in [3.05, 3.63) is 34.4 Å². The second kappa shape index (κ2) is 6.48. The Labute approximate surface area is 158 Å². The van der Waals surface area contributed by atoms with Gasteiger partial charge in [0.25, 0.3) is 0 Å². The van der Waals surface area contributed by atoms with Crippen molar-refractivity contribution in [3.63, 3.8) is 0 Å². The molecule has 26 heavy (non-hydrogen) atoms. The lowest BCUT2D eigenvalue weighted by Gasteiger charge is -2.24. The number of rotatable bonds is 1. The van der Waals surface area contributed by atoms with Gasteiger partial charge in [0.15, 0.2) is 0 Å². The first-order chi connectivity index (χ1) is 12.0. The molecular weight excluding hydrogens is 413 g/mol. The number of benzene rings is 1. The Balaban J connectivity index is 1.85. The van der Waals surface area contributed by atoms with Crippen LogP contribution in [0.2, 0.25) is 0 Å². The SMILES string of the molecule is CC(C)(C)OC(=O)N1CCC(n2ccc3cc(C(F)(F)F)cc(Br)c32)C1. The fourth-order valence-electron chi connectivity index (χ4n) is 3.18. The quantitative estimate of drug-likeness (QED) is 0.587. The van der Waals surface area contributed by atoms with E-state index in [0.717, 1.165) is 18.6 Å². The second-order valence-corrected chi connectivity index (χ2v) is 8.34. The van der Waals surface area contributed by atoms with Gasteiger partial charge in [-0.3, -0.25) is 0 Å². The van der Waals surface area contributed by atoms with E-state index < -0.39 is 17.3 Å². The van der Waals surface area contributed by atoms with Gasteiger partial charge in [0.2, 0.25) is 0 Å². The van der Waals surface area contributed by atoms with Crippen LogP contribution in [0.3, 0.4) is 0 Å². The predicted octanol–water partition coefficient (Wildman–Crippen LogP) is 5.60. The van der Waals surface area contributed by atoms with Crippen molar-refractivity contribution in [1.29, 1.82) is 0 Å². The zero-order chi connectivity index (χ0) is 19.3. The minimum atomic E-state index is -4.39. The Morgan fingerprint density at radius 2 is 1.96 bits per heavy atom. The highest BCUT2D eigenvalue weighted by atomic mass is 79.9. The topological polar surface area (TPSA) is 34.5 Å². The molecule has 1 aromatic heterocycles. The van der Waals surface area contributed by atoms with Gasteiger partial charge < -0.3 is 14.2 Å². The smallest absolute Gasteiger partial charge is 0.416 e. The number of carbonyl (C=O) groups excluding carboxylic acids is 1. The van der Waals surface area contributed by atoms with E-state index in [9.17, 15) is 18.0 Å². The van der Waals surface area contributed by atoms with Crippen LogP contribution in [0.4, 0.5) is 18.0 Å². The molecule has 0 bridgehead atoms. The van der Waals surface area contributed by atoms with Crippen molar-refractivity contribution in [1.82, 2.24) is 9.47 Å². The van der Waals surface area contributed by atoms with Gasteiger partial charge >= 0.3 is 12.3 Å². The summed E-state index contributed by atoms with van der Waals surface area (Å²) in [5.74, 6) is 0. The van der Waals surface area contributed by atoms with Crippen LogP contribution in [-0.2, 0) is 10.9 Å². The number of halogens is 4. The summed E-state index contributed by atoms with van der Waals surface area (Å²) in [6.07, 6.45) is -2.26. The number of nitrogens with zero attached hydrogens (tertiary/aromatic N) is 2. The Hall–Kier alpha value is -1.70. The first kappa shape index (κ1) is 19.1. The van der Waals surface area contributed by atoms with Crippen molar-refractivity contribution in [2.75, 3.05) is 13.1 Å². The summed E-state index contributed by atoms with van der Waals surface area (Å²) in [6.45, 7) is 6.46. The fourth-order valence-corrected chi connectivity index (χ4v) is 3.86. The molecule has 1 unspecified atom stereocenters. The summed E-state index contributed by atoms with van der Waals surface area (Å²) in [7, 11) is 0. The van der Waals surface area contributed by atoms with Crippen molar-refractivity contribution >= 4 is 32.9 Å². The molecule has 4 nitrogen and oxygen atoms in total. The van der Waals surface area contributed by atoms with Crippen LogP contribution in [0.5, 0.6) is 0 Å². The van der Waals surface area contributed by atoms with Crippen molar-refractivity contribution in [2.24, 2.45) is 0 Å². The van der Waals surface area contributed by atoms with Gasteiger partial charge in [-0.05, 0) is 61.3 Å². The van der Waals surface area contributed by atoms with Gasteiger partial charge in [0.1, 0.15) is 5.60 Å². The maximum Gasteiger partial charge on any atom is 0.416 e. The molecule has 1 fully saturated rings. The number of carbonyl (C=O) groups is 1. The molecule has 1 aliphatic rings. The zero-order valence-electron chi connectivity index (χ0n) is 14.7. The number of hydrogen-bond donors (Lipinski definition) is 0.